The Bertz CT molecular complexity index is 304. The van der Waals surface area contributed by atoms with Crippen molar-refractivity contribution in [1.82, 2.24) is 0 Å². The Morgan fingerprint density at radius 3 is 2.86 bits per heavy atom. The van der Waals surface area contributed by atoms with Crippen molar-refractivity contribution in [2.24, 2.45) is 0 Å². The van der Waals surface area contributed by atoms with Crippen LogP contribution in [0.15, 0.2) is 22.3 Å². The number of carbonyl (C=O) groups is 1. The lowest BCUT2D eigenvalue weighted by Crippen LogP contribution is -2.16. The Balaban J connectivity index is 3.02. The summed E-state index contributed by atoms with van der Waals surface area (Å²) in [6.07, 6.45) is 1.50. The average Bonchev–Trinajstić information content (AvgIpc) is 2.09. The van der Waals surface area contributed by atoms with Crippen LogP contribution in [0.1, 0.15) is 20.8 Å². The fraction of sp³-hybridized carbons (Fsp3) is 0.500. The van der Waals surface area contributed by atoms with Crippen LogP contribution in [0.3, 0.4) is 0 Å². The third-order valence-electron chi connectivity index (χ3n) is 1.85. The van der Waals surface area contributed by atoms with Gasteiger partial charge in [-0.25, -0.2) is 4.79 Å². The van der Waals surface area contributed by atoms with Crippen molar-refractivity contribution in [2.45, 2.75) is 26.9 Å². The zero-order valence-corrected chi connectivity index (χ0v) is 9.35. The molecular weight excluding hydrogens is 200 g/mol. The molecule has 0 aliphatic carbocycles. The highest BCUT2D eigenvalue weighted by Crippen LogP contribution is 2.32. The van der Waals surface area contributed by atoms with E-state index in [-0.39, 0.29) is 6.10 Å². The topological polar surface area (TPSA) is 46.5 Å². The standard InChI is InChI=1S/C10H14O3S/c1-4-14-9-7(3)13-6(2)5-8(9)10(11)12/h5-6H,4H2,1-3H3,(H,11,12). The monoisotopic (exact) mass is 214 g/mol. The van der Waals surface area contributed by atoms with Gasteiger partial charge >= 0.3 is 5.97 Å². The van der Waals surface area contributed by atoms with Crippen LogP contribution in [0.4, 0.5) is 0 Å². The van der Waals surface area contributed by atoms with Gasteiger partial charge in [0.25, 0.3) is 0 Å². The molecule has 1 heterocycles. The molecule has 78 valence electrons. The first-order valence-corrected chi connectivity index (χ1v) is 5.50. The average molecular weight is 214 g/mol. The summed E-state index contributed by atoms with van der Waals surface area (Å²) in [6.45, 7) is 5.63. The highest BCUT2D eigenvalue weighted by molar-refractivity contribution is 8.03. The van der Waals surface area contributed by atoms with E-state index in [1.54, 1.807) is 6.08 Å². The van der Waals surface area contributed by atoms with Crippen molar-refractivity contribution in [3.05, 3.63) is 22.3 Å². The van der Waals surface area contributed by atoms with Crippen LogP contribution in [0.2, 0.25) is 0 Å². The summed E-state index contributed by atoms with van der Waals surface area (Å²) in [5, 5.41) is 9.00. The van der Waals surface area contributed by atoms with Gasteiger partial charge in [-0.15, -0.1) is 11.8 Å². The minimum Gasteiger partial charge on any atom is -0.490 e. The SMILES string of the molecule is CCSC1=C(C)OC(C)C=C1C(=O)O. The van der Waals surface area contributed by atoms with Crippen LogP contribution in [-0.2, 0) is 9.53 Å². The molecule has 0 fully saturated rings. The number of allylic oxidation sites excluding steroid dienone is 1. The van der Waals surface area contributed by atoms with Gasteiger partial charge in [0.2, 0.25) is 0 Å². The molecule has 14 heavy (non-hydrogen) atoms. The van der Waals surface area contributed by atoms with Gasteiger partial charge in [0.15, 0.2) is 0 Å². The number of aliphatic carboxylic acids is 1. The number of hydrogen-bond acceptors (Lipinski definition) is 3. The number of rotatable bonds is 3. The van der Waals surface area contributed by atoms with Gasteiger partial charge in [-0.2, -0.15) is 0 Å². The van der Waals surface area contributed by atoms with Gasteiger partial charge < -0.3 is 9.84 Å². The molecule has 4 heteroatoms. The highest BCUT2D eigenvalue weighted by Gasteiger charge is 2.23. The molecule has 0 bridgehead atoms. The van der Waals surface area contributed by atoms with Crippen LogP contribution in [0, 0.1) is 0 Å². The van der Waals surface area contributed by atoms with Crippen LogP contribution in [0.5, 0.6) is 0 Å². The van der Waals surface area contributed by atoms with Crippen molar-refractivity contribution < 1.29 is 14.6 Å². The van der Waals surface area contributed by atoms with Crippen molar-refractivity contribution in [3.8, 4) is 0 Å². The molecule has 1 aliphatic rings. The van der Waals surface area contributed by atoms with Crippen molar-refractivity contribution in [1.29, 1.82) is 0 Å². The molecular formula is C10H14O3S. The predicted molar refractivity (Wildman–Crippen MR) is 57.1 cm³/mol. The van der Waals surface area contributed by atoms with Crippen molar-refractivity contribution >= 4 is 17.7 Å². The summed E-state index contributed by atoms with van der Waals surface area (Å²) in [5.41, 5.74) is 0.369. The number of ether oxygens (including phenoxy) is 1. The zero-order valence-electron chi connectivity index (χ0n) is 8.53. The Morgan fingerprint density at radius 2 is 2.36 bits per heavy atom. The molecule has 1 atom stereocenters. The van der Waals surface area contributed by atoms with E-state index in [0.29, 0.717) is 11.3 Å². The van der Waals surface area contributed by atoms with E-state index in [0.717, 1.165) is 10.7 Å². The summed E-state index contributed by atoms with van der Waals surface area (Å²) >= 11 is 1.50. The molecule has 0 aromatic rings. The number of carboxylic acid groups (broad SMARTS) is 1. The lowest BCUT2D eigenvalue weighted by Gasteiger charge is -2.22. The minimum atomic E-state index is -0.879. The fourth-order valence-electron chi connectivity index (χ4n) is 1.36. The summed E-state index contributed by atoms with van der Waals surface area (Å²) < 4.78 is 5.45. The van der Waals surface area contributed by atoms with Crippen molar-refractivity contribution in [2.75, 3.05) is 5.75 Å². The summed E-state index contributed by atoms with van der Waals surface area (Å²) in [4.78, 5) is 11.7. The van der Waals surface area contributed by atoms with Crippen LogP contribution in [-0.4, -0.2) is 22.9 Å². The summed E-state index contributed by atoms with van der Waals surface area (Å²) in [6, 6.07) is 0. The normalized spacial score (nSPS) is 21.6. The quantitative estimate of drug-likeness (QED) is 0.783. The largest absolute Gasteiger partial charge is 0.490 e. The smallest absolute Gasteiger partial charge is 0.336 e. The zero-order chi connectivity index (χ0) is 10.7. The first-order chi connectivity index (χ1) is 6.56. The third-order valence-corrected chi connectivity index (χ3v) is 2.93. The molecule has 1 rings (SSSR count). The molecule has 0 aromatic heterocycles. The first-order valence-electron chi connectivity index (χ1n) is 4.52. The van der Waals surface area contributed by atoms with Crippen LogP contribution >= 0.6 is 11.8 Å². The highest BCUT2D eigenvalue weighted by atomic mass is 32.2. The lowest BCUT2D eigenvalue weighted by atomic mass is 10.1. The second kappa shape index (κ2) is 4.55. The summed E-state index contributed by atoms with van der Waals surface area (Å²) in [5.74, 6) is 0.675. The molecule has 0 saturated carbocycles. The van der Waals surface area contributed by atoms with Gasteiger partial charge in [-0.3, -0.25) is 0 Å². The van der Waals surface area contributed by atoms with E-state index in [2.05, 4.69) is 0 Å². The van der Waals surface area contributed by atoms with Crippen LogP contribution in [0.25, 0.3) is 0 Å². The second-order valence-corrected chi connectivity index (χ2v) is 4.30. The van der Waals surface area contributed by atoms with E-state index in [4.69, 9.17) is 9.84 Å². The van der Waals surface area contributed by atoms with Crippen molar-refractivity contribution in [3.63, 3.8) is 0 Å². The van der Waals surface area contributed by atoms with Gasteiger partial charge in [0, 0.05) is 0 Å². The molecule has 0 aromatic carbocycles. The summed E-state index contributed by atoms with van der Waals surface area (Å²) in [7, 11) is 0. The molecule has 0 radical (unpaired) electrons. The Hall–Kier alpha value is -0.900. The maximum atomic E-state index is 11.0. The van der Waals surface area contributed by atoms with Gasteiger partial charge in [-0.1, -0.05) is 6.92 Å². The van der Waals surface area contributed by atoms with E-state index in [1.165, 1.54) is 11.8 Å². The fourth-order valence-corrected chi connectivity index (χ4v) is 2.21. The molecule has 0 amide bonds. The van der Waals surface area contributed by atoms with E-state index < -0.39 is 5.97 Å². The Morgan fingerprint density at radius 1 is 1.71 bits per heavy atom. The third kappa shape index (κ3) is 2.32. The Labute approximate surface area is 87.8 Å². The number of carboxylic acids is 1. The first kappa shape index (κ1) is 11.2. The number of thioether (sulfide) groups is 1. The minimum absolute atomic E-state index is 0.151. The maximum absolute atomic E-state index is 11.0. The predicted octanol–water partition coefficient (Wildman–Crippen LogP) is 2.40. The Kier molecular flexibility index (Phi) is 3.63. The van der Waals surface area contributed by atoms with E-state index in [9.17, 15) is 4.79 Å². The second-order valence-electron chi connectivity index (χ2n) is 3.03. The molecule has 0 saturated heterocycles. The molecule has 0 spiro atoms. The molecule has 3 nitrogen and oxygen atoms in total. The lowest BCUT2D eigenvalue weighted by molar-refractivity contribution is -0.132. The van der Waals surface area contributed by atoms with E-state index in [1.807, 2.05) is 20.8 Å². The van der Waals surface area contributed by atoms with Gasteiger partial charge in [0.1, 0.15) is 11.9 Å². The van der Waals surface area contributed by atoms with Gasteiger partial charge in [0.05, 0.1) is 10.5 Å². The molecule has 1 aliphatic heterocycles. The molecule has 1 unspecified atom stereocenters. The van der Waals surface area contributed by atoms with Gasteiger partial charge in [-0.05, 0) is 25.7 Å². The number of hydrogen-bond donors (Lipinski definition) is 1. The molecule has 1 N–H and O–H groups in total. The maximum Gasteiger partial charge on any atom is 0.336 e. The van der Waals surface area contributed by atoms with Crippen LogP contribution < -0.4 is 0 Å². The van der Waals surface area contributed by atoms with E-state index >= 15 is 0 Å².